The van der Waals surface area contributed by atoms with Crippen molar-refractivity contribution < 1.29 is 4.42 Å². The number of fused-ring (bicyclic) bond motifs is 9. The van der Waals surface area contributed by atoms with Crippen LogP contribution in [0.15, 0.2) is 247 Å². The normalized spacial score (nSPS) is 12.8. The first-order valence-electron chi connectivity index (χ1n) is 22.0. The maximum Gasteiger partial charge on any atom is 0.159 e. The molecule has 12 aromatic rings. The Morgan fingerprint density at radius 3 is 1.75 bits per heavy atom. The van der Waals surface area contributed by atoms with Crippen LogP contribution in [0.1, 0.15) is 22.3 Å². The Morgan fingerprint density at radius 1 is 0.375 bits per heavy atom. The molecule has 0 unspecified atom stereocenters. The van der Waals surface area contributed by atoms with Crippen LogP contribution in [-0.4, -0.2) is 4.57 Å². The molecule has 0 saturated carbocycles. The first-order chi connectivity index (χ1) is 31.8. The number of furan rings is 1. The standard InChI is InChI=1S/C61H40N2O/c1-4-17-43(18-5-1)61(44-19-6-2-7-20-44)54-27-13-10-23-48(54)49-38-36-47(40-55(49)61)62(57-29-16-26-53-52-25-12-15-30-59(52)64-60(53)57)46-34-31-41(32-35-46)42-33-37-51-50-24-11-14-28-56(50)63(58(51)39-42)45-21-8-3-9-22-45/h1-40H. The first kappa shape index (κ1) is 36.3. The number of para-hydroxylation sites is 4. The number of nitrogens with zero attached hydrogens (tertiary/aromatic N) is 2. The van der Waals surface area contributed by atoms with Crippen molar-refractivity contribution in [3.8, 4) is 27.9 Å². The van der Waals surface area contributed by atoms with Crippen LogP contribution >= 0.6 is 0 Å². The van der Waals surface area contributed by atoms with Gasteiger partial charge in [-0.1, -0.05) is 182 Å². The Morgan fingerprint density at radius 2 is 0.969 bits per heavy atom. The van der Waals surface area contributed by atoms with Gasteiger partial charge in [-0.05, 0) is 105 Å². The van der Waals surface area contributed by atoms with E-state index >= 15 is 0 Å². The third-order valence-corrected chi connectivity index (χ3v) is 13.5. The quantitative estimate of drug-likeness (QED) is 0.160. The van der Waals surface area contributed by atoms with Crippen LogP contribution in [0.3, 0.4) is 0 Å². The molecule has 0 aliphatic heterocycles. The van der Waals surface area contributed by atoms with Crippen LogP contribution in [0.4, 0.5) is 17.1 Å². The van der Waals surface area contributed by atoms with E-state index in [4.69, 9.17) is 4.42 Å². The summed E-state index contributed by atoms with van der Waals surface area (Å²) in [4.78, 5) is 2.38. The second kappa shape index (κ2) is 14.3. The topological polar surface area (TPSA) is 21.3 Å². The Bertz CT molecular complexity index is 3680. The van der Waals surface area contributed by atoms with E-state index in [9.17, 15) is 0 Å². The van der Waals surface area contributed by atoms with Crippen molar-refractivity contribution in [1.29, 1.82) is 0 Å². The van der Waals surface area contributed by atoms with Gasteiger partial charge in [-0.25, -0.2) is 0 Å². The minimum atomic E-state index is -0.536. The van der Waals surface area contributed by atoms with Gasteiger partial charge in [0, 0.05) is 38.6 Å². The van der Waals surface area contributed by atoms with Crippen molar-refractivity contribution in [2.24, 2.45) is 0 Å². The smallest absolute Gasteiger partial charge is 0.159 e. The molecule has 0 atom stereocenters. The number of anilines is 3. The third-order valence-electron chi connectivity index (χ3n) is 13.5. The van der Waals surface area contributed by atoms with E-state index in [-0.39, 0.29) is 0 Å². The highest BCUT2D eigenvalue weighted by molar-refractivity contribution is 6.11. The summed E-state index contributed by atoms with van der Waals surface area (Å²) < 4.78 is 9.18. The lowest BCUT2D eigenvalue weighted by Crippen LogP contribution is -2.28. The van der Waals surface area contributed by atoms with Gasteiger partial charge in [-0.3, -0.25) is 0 Å². The number of aromatic nitrogens is 1. The van der Waals surface area contributed by atoms with E-state index in [0.29, 0.717) is 0 Å². The summed E-state index contributed by atoms with van der Waals surface area (Å²) >= 11 is 0. The van der Waals surface area contributed by atoms with Crippen molar-refractivity contribution >= 4 is 60.8 Å². The molecule has 300 valence electrons. The third kappa shape index (κ3) is 5.34. The van der Waals surface area contributed by atoms with Gasteiger partial charge in [0.2, 0.25) is 0 Å². The lowest BCUT2D eigenvalue weighted by molar-refractivity contribution is 0.669. The van der Waals surface area contributed by atoms with Gasteiger partial charge >= 0.3 is 0 Å². The highest BCUT2D eigenvalue weighted by atomic mass is 16.3. The van der Waals surface area contributed by atoms with Crippen molar-refractivity contribution in [2.45, 2.75) is 5.41 Å². The highest BCUT2D eigenvalue weighted by Gasteiger charge is 2.46. The zero-order valence-electron chi connectivity index (χ0n) is 34.9. The Labute approximate surface area is 371 Å². The Hall–Kier alpha value is -8.40. The average molecular weight is 817 g/mol. The summed E-state index contributed by atoms with van der Waals surface area (Å²) in [6.07, 6.45) is 0. The van der Waals surface area contributed by atoms with Crippen LogP contribution in [0.2, 0.25) is 0 Å². The molecule has 0 spiro atoms. The largest absolute Gasteiger partial charge is 0.454 e. The van der Waals surface area contributed by atoms with Gasteiger partial charge in [-0.15, -0.1) is 0 Å². The molecule has 10 aromatic carbocycles. The maximum atomic E-state index is 6.79. The molecule has 2 heterocycles. The Balaban J connectivity index is 1.02. The number of hydrogen-bond acceptors (Lipinski definition) is 2. The van der Waals surface area contributed by atoms with Gasteiger partial charge in [0.25, 0.3) is 0 Å². The summed E-state index contributed by atoms with van der Waals surface area (Å²) in [5.41, 5.74) is 17.6. The zero-order chi connectivity index (χ0) is 42.2. The average Bonchev–Trinajstić information content (AvgIpc) is 4.02. The summed E-state index contributed by atoms with van der Waals surface area (Å²) in [5.74, 6) is 0. The first-order valence-corrected chi connectivity index (χ1v) is 22.0. The fourth-order valence-electron chi connectivity index (χ4n) is 10.7. The Kier molecular flexibility index (Phi) is 8.13. The molecular weight excluding hydrogens is 777 g/mol. The van der Waals surface area contributed by atoms with Crippen molar-refractivity contribution in [3.63, 3.8) is 0 Å². The second-order valence-electron chi connectivity index (χ2n) is 16.8. The highest BCUT2D eigenvalue weighted by Crippen LogP contribution is 2.57. The second-order valence-corrected chi connectivity index (χ2v) is 16.8. The molecule has 1 aliphatic rings. The number of benzene rings is 10. The van der Waals surface area contributed by atoms with Crippen molar-refractivity contribution in [3.05, 3.63) is 265 Å². The minimum absolute atomic E-state index is 0.536. The van der Waals surface area contributed by atoms with E-state index in [1.54, 1.807) is 0 Å². The van der Waals surface area contributed by atoms with Crippen LogP contribution in [0.5, 0.6) is 0 Å². The van der Waals surface area contributed by atoms with Crippen LogP contribution in [0, 0.1) is 0 Å². The SMILES string of the molecule is c1ccc(-n2c3ccccc3c3ccc(-c4ccc(N(c5ccc6c(c5)C(c5ccccc5)(c5ccccc5)c5ccccc5-6)c5cccc6c5oc5ccccc56)cc4)cc32)cc1. The van der Waals surface area contributed by atoms with Crippen LogP contribution in [-0.2, 0) is 5.41 Å². The van der Waals surface area contributed by atoms with Crippen LogP contribution < -0.4 is 4.90 Å². The van der Waals surface area contributed by atoms with Gasteiger partial charge in [0.05, 0.1) is 22.1 Å². The van der Waals surface area contributed by atoms with Gasteiger partial charge in [0.1, 0.15) is 5.58 Å². The summed E-state index contributed by atoms with van der Waals surface area (Å²) in [6.45, 7) is 0. The fraction of sp³-hybridized carbons (Fsp3) is 0.0164. The van der Waals surface area contributed by atoms with Crippen LogP contribution in [0.25, 0.3) is 71.7 Å². The molecule has 1 aliphatic carbocycles. The molecule has 0 fully saturated rings. The maximum absolute atomic E-state index is 6.79. The molecule has 0 N–H and O–H groups in total. The molecular formula is C61H40N2O. The number of hydrogen-bond donors (Lipinski definition) is 0. The summed E-state index contributed by atoms with van der Waals surface area (Å²) in [7, 11) is 0. The van der Waals surface area contributed by atoms with E-state index in [1.165, 1.54) is 55.2 Å². The van der Waals surface area contributed by atoms with Crippen molar-refractivity contribution in [1.82, 2.24) is 4.57 Å². The summed E-state index contributed by atoms with van der Waals surface area (Å²) in [5, 5.41) is 4.69. The molecule has 2 aromatic heterocycles. The molecule has 3 nitrogen and oxygen atoms in total. The molecule has 64 heavy (non-hydrogen) atoms. The lowest BCUT2D eigenvalue weighted by Gasteiger charge is -2.35. The monoisotopic (exact) mass is 816 g/mol. The van der Waals surface area contributed by atoms with E-state index in [1.807, 2.05) is 6.07 Å². The van der Waals surface area contributed by atoms with Crippen molar-refractivity contribution in [2.75, 3.05) is 4.90 Å². The molecule has 3 heteroatoms. The molecule has 0 saturated heterocycles. The predicted molar refractivity (Wildman–Crippen MR) is 265 cm³/mol. The fourth-order valence-corrected chi connectivity index (χ4v) is 10.7. The van der Waals surface area contributed by atoms with Gasteiger partial charge in [0.15, 0.2) is 5.58 Å². The van der Waals surface area contributed by atoms with E-state index in [2.05, 4.69) is 246 Å². The predicted octanol–water partition coefficient (Wildman–Crippen LogP) is 16.2. The van der Waals surface area contributed by atoms with Gasteiger partial charge in [-0.2, -0.15) is 0 Å². The molecule has 0 amide bonds. The summed E-state index contributed by atoms with van der Waals surface area (Å²) in [6, 6.07) is 88.2. The molecule has 0 radical (unpaired) electrons. The molecule has 0 bridgehead atoms. The van der Waals surface area contributed by atoms with E-state index < -0.39 is 5.41 Å². The molecule has 13 rings (SSSR count). The number of rotatable bonds is 7. The van der Waals surface area contributed by atoms with Gasteiger partial charge < -0.3 is 13.9 Å². The van der Waals surface area contributed by atoms with E-state index in [0.717, 1.165) is 55.8 Å². The lowest BCUT2D eigenvalue weighted by atomic mass is 9.67. The zero-order valence-corrected chi connectivity index (χ0v) is 34.9. The minimum Gasteiger partial charge on any atom is -0.454 e.